The van der Waals surface area contributed by atoms with Crippen LogP contribution in [-0.2, 0) is 65.6 Å². The van der Waals surface area contributed by atoms with Gasteiger partial charge in [-0.1, -0.05) is 13.8 Å². The lowest BCUT2D eigenvalue weighted by Gasteiger charge is -2.36. The van der Waals surface area contributed by atoms with Crippen molar-refractivity contribution in [3.63, 3.8) is 0 Å². The lowest BCUT2D eigenvalue weighted by Crippen LogP contribution is -2.59. The molecule has 0 unspecified atom stereocenters. The van der Waals surface area contributed by atoms with Crippen LogP contribution in [0, 0.1) is 5.92 Å². The zero-order valence-corrected chi connectivity index (χ0v) is 49.6. The molecule has 4 fully saturated rings. The van der Waals surface area contributed by atoms with E-state index in [0.29, 0.717) is 37.1 Å². The number of hydrogen-bond donors (Lipinski definition) is 15. The second kappa shape index (κ2) is 32.7. The van der Waals surface area contributed by atoms with E-state index in [0.717, 1.165) is 0 Å². The first kappa shape index (κ1) is 68.2. The van der Waals surface area contributed by atoms with Gasteiger partial charge >= 0.3 is 5.97 Å². The van der Waals surface area contributed by atoms with Crippen molar-refractivity contribution in [2.24, 2.45) is 44.6 Å². The van der Waals surface area contributed by atoms with Gasteiger partial charge in [-0.25, -0.2) is 14.8 Å². The number of aliphatic carboxylic acids is 1. The van der Waals surface area contributed by atoms with Gasteiger partial charge in [-0.2, -0.15) is 0 Å². The summed E-state index contributed by atoms with van der Waals surface area (Å²) in [6.07, 6.45) is 8.60. The van der Waals surface area contributed by atoms with Crippen LogP contribution in [0.4, 0.5) is 0 Å². The number of carbonyl (C=O) groups excluding carboxylic acids is 10. The summed E-state index contributed by atoms with van der Waals surface area (Å²) in [6.45, 7) is 2.76. The SMILES string of the molecule is CC(C)[C@H](NC(=O)[C@H](CCCN=C(N)N)NC(=O)[C@H](Cc1cnc[nH]1)NC(=O)CNC(=O)[C@@H]1CCCN1C(=O)[C@@H]1CCCN1C(=O)[C@@H]1CCCN1C(=O)[C@@H]1CCCN1C(=O)[C@H](CCCN=C(N)N)NC(=O)[C@H](Cc1cnc[nH]1)NC(=O)[C@@H](N)CO)C(=O)O. The third kappa shape index (κ3) is 18.8. The lowest BCUT2D eigenvalue weighted by atomic mass is 10.0. The molecule has 0 saturated carbocycles. The van der Waals surface area contributed by atoms with Crippen molar-refractivity contribution in [3.8, 4) is 0 Å². The van der Waals surface area contributed by atoms with E-state index in [2.05, 4.69) is 61.8 Å². The van der Waals surface area contributed by atoms with Gasteiger partial charge in [0.05, 0.1) is 25.8 Å². The number of aromatic nitrogens is 4. The molecular formula is C54H85N21O13. The number of nitrogens with two attached hydrogens (primary N) is 5. The average Bonchev–Trinajstić information content (AvgIpc) is 1.89. The van der Waals surface area contributed by atoms with Crippen molar-refractivity contribution in [2.45, 2.75) is 164 Å². The number of H-pyrrole nitrogens is 2. The number of rotatable bonds is 31. The topological polar surface area (TPSA) is 526 Å². The number of aliphatic hydroxyl groups excluding tert-OH is 1. The molecule has 2 aromatic rings. The first-order valence-electron chi connectivity index (χ1n) is 29.6. The molecule has 0 spiro atoms. The van der Waals surface area contributed by atoms with Crippen molar-refractivity contribution in [1.29, 1.82) is 0 Å². The van der Waals surface area contributed by atoms with Gasteiger partial charge in [0.25, 0.3) is 0 Å². The first-order chi connectivity index (χ1) is 42.0. The molecular weight excluding hydrogens is 1150 g/mol. The maximum absolute atomic E-state index is 14.7. The molecule has 10 atom stereocenters. The zero-order chi connectivity index (χ0) is 64.2. The fourth-order valence-corrected chi connectivity index (χ4v) is 11.3. The molecule has 20 N–H and O–H groups in total. The molecule has 484 valence electrons. The quantitative estimate of drug-likeness (QED) is 0.0190. The number of likely N-dealkylation sites (tertiary alicyclic amines) is 4. The fourth-order valence-electron chi connectivity index (χ4n) is 11.3. The van der Waals surface area contributed by atoms with E-state index >= 15 is 0 Å². The van der Waals surface area contributed by atoms with Gasteiger partial charge in [-0.15, -0.1) is 0 Å². The van der Waals surface area contributed by atoms with Gasteiger partial charge in [0, 0.05) is 75.9 Å². The molecule has 4 aliphatic rings. The molecule has 2 aromatic heterocycles. The van der Waals surface area contributed by atoms with E-state index in [4.69, 9.17) is 28.7 Å². The van der Waals surface area contributed by atoms with Gasteiger partial charge in [0.2, 0.25) is 59.1 Å². The second-order valence-electron chi connectivity index (χ2n) is 22.6. The molecule has 0 radical (unpaired) electrons. The Morgan fingerprint density at radius 2 is 1.01 bits per heavy atom. The predicted molar refractivity (Wildman–Crippen MR) is 314 cm³/mol. The summed E-state index contributed by atoms with van der Waals surface area (Å²) in [7, 11) is 0. The van der Waals surface area contributed by atoms with E-state index in [1.807, 2.05) is 0 Å². The Bertz CT molecular complexity index is 2830. The Hall–Kier alpha value is -8.95. The van der Waals surface area contributed by atoms with Crippen LogP contribution >= 0.6 is 0 Å². The summed E-state index contributed by atoms with van der Waals surface area (Å²) in [6, 6.07) is -11.8. The van der Waals surface area contributed by atoms with Crippen LogP contribution in [0.15, 0.2) is 35.0 Å². The molecule has 6 rings (SSSR count). The third-order valence-corrected chi connectivity index (χ3v) is 15.9. The van der Waals surface area contributed by atoms with Crippen molar-refractivity contribution in [3.05, 3.63) is 36.4 Å². The highest BCUT2D eigenvalue weighted by Gasteiger charge is 2.48. The van der Waals surface area contributed by atoms with Crippen LogP contribution < -0.4 is 60.6 Å². The molecule has 4 aliphatic heterocycles. The molecule has 4 saturated heterocycles. The van der Waals surface area contributed by atoms with Gasteiger partial charge in [-0.05, 0) is 83.0 Å². The van der Waals surface area contributed by atoms with E-state index in [1.54, 1.807) is 13.8 Å². The summed E-state index contributed by atoms with van der Waals surface area (Å²) < 4.78 is 0. The van der Waals surface area contributed by atoms with Crippen LogP contribution in [0.1, 0.15) is 102 Å². The largest absolute Gasteiger partial charge is 0.480 e. The number of aliphatic imine (C=N–C) groups is 2. The van der Waals surface area contributed by atoms with Gasteiger partial charge in [0.15, 0.2) is 11.9 Å². The second-order valence-corrected chi connectivity index (χ2v) is 22.6. The zero-order valence-electron chi connectivity index (χ0n) is 49.6. The fraction of sp³-hybridized carbons (Fsp3) is 0.648. The summed E-state index contributed by atoms with van der Waals surface area (Å²) >= 11 is 0. The molecule has 0 aliphatic carbocycles. The van der Waals surface area contributed by atoms with E-state index < -0.39 is 145 Å². The molecule has 0 bridgehead atoms. The molecule has 88 heavy (non-hydrogen) atoms. The summed E-state index contributed by atoms with van der Waals surface area (Å²) in [4.78, 5) is 180. The normalized spacial score (nSPS) is 20.2. The number of carboxylic acid groups (broad SMARTS) is 1. The van der Waals surface area contributed by atoms with Crippen LogP contribution in [0.5, 0.6) is 0 Å². The Labute approximate surface area is 507 Å². The minimum atomic E-state index is -1.34. The van der Waals surface area contributed by atoms with Gasteiger partial charge in [0.1, 0.15) is 60.4 Å². The lowest BCUT2D eigenvalue weighted by molar-refractivity contribution is -0.153. The Balaban J connectivity index is 1.09. The van der Waals surface area contributed by atoms with Crippen molar-refractivity contribution in [1.82, 2.24) is 71.4 Å². The molecule has 0 aromatic carbocycles. The number of aliphatic hydroxyl groups is 1. The smallest absolute Gasteiger partial charge is 0.326 e. The summed E-state index contributed by atoms with van der Waals surface area (Å²) in [5, 5.41) is 34.8. The average molecular weight is 1240 g/mol. The molecule has 34 nitrogen and oxygen atoms in total. The number of carbonyl (C=O) groups is 11. The Morgan fingerprint density at radius 1 is 0.591 bits per heavy atom. The van der Waals surface area contributed by atoms with Gasteiger partial charge < -0.3 is 100 Å². The number of amides is 10. The predicted octanol–water partition coefficient (Wildman–Crippen LogP) is -6.41. The highest BCUT2D eigenvalue weighted by atomic mass is 16.4. The van der Waals surface area contributed by atoms with E-state index in [1.165, 1.54) is 44.6 Å². The van der Waals surface area contributed by atoms with E-state index in [9.17, 15) is 63.0 Å². The van der Waals surface area contributed by atoms with Gasteiger partial charge in [-0.3, -0.25) is 57.9 Å². The number of hydrogen-bond acceptors (Lipinski definition) is 17. The third-order valence-electron chi connectivity index (χ3n) is 15.9. The number of nitrogens with one attached hydrogen (secondary N) is 8. The van der Waals surface area contributed by atoms with Crippen LogP contribution in [0.2, 0.25) is 0 Å². The van der Waals surface area contributed by atoms with Crippen molar-refractivity contribution >= 4 is 77.0 Å². The number of aromatic amines is 2. The standard InChI is InChI=1S/C54H85N21O13/c1-29(2)42(52(87)88)71-44(79)33(9-3-15-62-53(56)57)68-45(80)35(21-30-23-60-27-65-30)67-41(77)25-64-47(82)37-11-5-17-72(37)49(84)39-13-7-19-74(39)51(86)40-14-8-20-75(40)50(85)38-12-6-18-73(38)48(83)34(10-4-16-63-54(58)59)69-46(81)36(22-31-24-61-28-66-31)70-43(78)32(55)26-76/h23-24,27-29,32-40,42,76H,3-22,25-26,55H2,1-2H3,(H,60,65)(H,61,66)(H,64,82)(H,67,77)(H,68,80)(H,69,81)(H,70,78)(H,71,79)(H,87,88)(H4,56,57,62)(H4,58,59,63)/t32-,33-,34-,35-,36-,37-,38-,39-,40-,42-/m0/s1. The maximum atomic E-state index is 14.7. The monoisotopic (exact) mass is 1240 g/mol. The minimum Gasteiger partial charge on any atom is -0.480 e. The molecule has 6 heterocycles. The van der Waals surface area contributed by atoms with Crippen molar-refractivity contribution < 1.29 is 63.0 Å². The number of imidazole rings is 2. The molecule has 34 heteroatoms. The molecule has 10 amide bonds. The highest BCUT2D eigenvalue weighted by Crippen LogP contribution is 2.31. The van der Waals surface area contributed by atoms with Crippen LogP contribution in [-0.4, -0.2) is 240 Å². The summed E-state index contributed by atoms with van der Waals surface area (Å²) in [5.41, 5.74) is 28.6. The van der Waals surface area contributed by atoms with Crippen LogP contribution in [0.25, 0.3) is 0 Å². The van der Waals surface area contributed by atoms with Crippen molar-refractivity contribution in [2.75, 3.05) is 52.4 Å². The van der Waals surface area contributed by atoms with E-state index in [-0.39, 0.29) is 115 Å². The number of guanidine groups is 2. The number of nitrogens with zero attached hydrogens (tertiary/aromatic N) is 8. The number of carboxylic acids is 1. The first-order valence-corrected chi connectivity index (χ1v) is 29.6. The summed E-state index contributed by atoms with van der Waals surface area (Å²) in [5.74, 6) is -8.86. The minimum absolute atomic E-state index is 0.0194. The Morgan fingerprint density at radius 3 is 1.47 bits per heavy atom. The van der Waals surface area contributed by atoms with Crippen LogP contribution in [0.3, 0.4) is 0 Å². The Kier molecular flexibility index (Phi) is 25.3. The highest BCUT2D eigenvalue weighted by molar-refractivity contribution is 5.99. The maximum Gasteiger partial charge on any atom is 0.326 e.